The zero-order chi connectivity index (χ0) is 15.0. The zero-order valence-corrected chi connectivity index (χ0v) is 11.5. The summed E-state index contributed by atoms with van der Waals surface area (Å²) >= 11 is 0. The van der Waals surface area contributed by atoms with Gasteiger partial charge in [0.15, 0.2) is 0 Å². The Hall–Kier alpha value is -2.64. The molecule has 0 spiro atoms. The fourth-order valence-corrected chi connectivity index (χ4v) is 2.60. The molecule has 2 heterocycles. The molecule has 0 aliphatic heterocycles. The van der Waals surface area contributed by atoms with Gasteiger partial charge in [-0.3, -0.25) is 19.7 Å². The van der Waals surface area contributed by atoms with Crippen molar-refractivity contribution in [2.45, 2.75) is 25.8 Å². The number of hydrogen-bond acceptors (Lipinski definition) is 4. The van der Waals surface area contributed by atoms with Gasteiger partial charge in [0.25, 0.3) is 11.5 Å². The molecular formula is C13H15N5O3. The van der Waals surface area contributed by atoms with Gasteiger partial charge in [0.2, 0.25) is 0 Å². The summed E-state index contributed by atoms with van der Waals surface area (Å²) in [4.78, 5) is 40.5. The monoisotopic (exact) mass is 289 g/mol. The minimum atomic E-state index is -0.695. The number of carbonyl (C=O) groups is 1. The normalized spacial score (nSPS) is 13.2. The lowest BCUT2D eigenvalue weighted by Crippen LogP contribution is -2.32. The van der Waals surface area contributed by atoms with E-state index in [2.05, 4.69) is 15.2 Å². The zero-order valence-electron chi connectivity index (χ0n) is 11.5. The molecule has 0 radical (unpaired) electrons. The highest BCUT2D eigenvalue weighted by Crippen LogP contribution is 2.23. The summed E-state index contributed by atoms with van der Waals surface area (Å²) in [5.74, 6) is -0.423. The van der Waals surface area contributed by atoms with Crippen LogP contribution in [0.1, 0.15) is 33.9 Å². The summed E-state index contributed by atoms with van der Waals surface area (Å²) in [6.45, 7) is 0.333. The summed E-state index contributed by atoms with van der Waals surface area (Å²) in [5.41, 5.74) is 1.82. The molecule has 0 aromatic carbocycles. The number of nitrogens with zero attached hydrogens (tertiary/aromatic N) is 2. The Morgan fingerprint density at radius 1 is 1.33 bits per heavy atom. The van der Waals surface area contributed by atoms with E-state index in [9.17, 15) is 14.4 Å². The molecule has 0 saturated heterocycles. The highest BCUT2D eigenvalue weighted by molar-refractivity contribution is 5.91. The van der Waals surface area contributed by atoms with E-state index in [1.165, 1.54) is 10.5 Å². The van der Waals surface area contributed by atoms with Crippen LogP contribution in [0.2, 0.25) is 0 Å². The maximum atomic E-state index is 12.2. The third-order valence-electron chi connectivity index (χ3n) is 3.62. The van der Waals surface area contributed by atoms with E-state index in [4.69, 9.17) is 0 Å². The minimum absolute atomic E-state index is 0.0292. The number of amides is 1. The summed E-state index contributed by atoms with van der Waals surface area (Å²) in [6.07, 6.45) is 3.04. The van der Waals surface area contributed by atoms with E-state index in [1.807, 2.05) is 4.98 Å². The highest BCUT2D eigenvalue weighted by Gasteiger charge is 2.21. The molecule has 0 bridgehead atoms. The number of hydrogen-bond donors (Lipinski definition) is 3. The van der Waals surface area contributed by atoms with E-state index in [1.54, 1.807) is 7.05 Å². The molecule has 1 amide bonds. The number of aromatic nitrogens is 4. The third kappa shape index (κ3) is 2.51. The quantitative estimate of drug-likeness (QED) is 0.709. The van der Waals surface area contributed by atoms with Crippen LogP contribution in [-0.2, 0) is 19.4 Å². The smallest absolute Gasteiger partial charge is 0.326 e. The molecule has 21 heavy (non-hydrogen) atoms. The van der Waals surface area contributed by atoms with E-state index in [0.717, 1.165) is 36.7 Å². The molecule has 3 N–H and O–H groups in total. The molecule has 0 unspecified atom stereocenters. The molecular weight excluding hydrogens is 274 g/mol. The van der Waals surface area contributed by atoms with Crippen LogP contribution < -0.4 is 11.2 Å². The van der Waals surface area contributed by atoms with Crippen molar-refractivity contribution < 1.29 is 4.79 Å². The highest BCUT2D eigenvalue weighted by atomic mass is 16.2. The summed E-state index contributed by atoms with van der Waals surface area (Å²) < 4.78 is 0. The SMILES string of the molecule is CN(Cc1n[nH]c2c1CCC2)C(=O)c1cc(=O)[nH]c(=O)[nH]1. The van der Waals surface area contributed by atoms with Gasteiger partial charge >= 0.3 is 5.69 Å². The summed E-state index contributed by atoms with van der Waals surface area (Å²) in [7, 11) is 1.61. The van der Waals surface area contributed by atoms with Crippen LogP contribution in [0.15, 0.2) is 15.7 Å². The van der Waals surface area contributed by atoms with Crippen molar-refractivity contribution in [3.05, 3.63) is 49.5 Å². The van der Waals surface area contributed by atoms with Crippen LogP contribution in [0.3, 0.4) is 0 Å². The molecule has 1 aliphatic rings. The molecule has 2 aromatic heterocycles. The number of H-pyrrole nitrogens is 3. The predicted molar refractivity (Wildman–Crippen MR) is 74.1 cm³/mol. The molecule has 0 fully saturated rings. The van der Waals surface area contributed by atoms with Gasteiger partial charge < -0.3 is 9.88 Å². The molecule has 3 rings (SSSR count). The van der Waals surface area contributed by atoms with E-state index >= 15 is 0 Å². The van der Waals surface area contributed by atoms with Crippen molar-refractivity contribution in [3.8, 4) is 0 Å². The van der Waals surface area contributed by atoms with Gasteiger partial charge in [0.1, 0.15) is 5.69 Å². The first-order chi connectivity index (χ1) is 10.0. The van der Waals surface area contributed by atoms with Crippen molar-refractivity contribution in [3.63, 3.8) is 0 Å². The lowest BCUT2D eigenvalue weighted by atomic mass is 10.2. The topological polar surface area (TPSA) is 115 Å². The van der Waals surface area contributed by atoms with Gasteiger partial charge in [-0.25, -0.2) is 4.79 Å². The molecule has 8 heteroatoms. The van der Waals surface area contributed by atoms with Crippen molar-refractivity contribution in [1.29, 1.82) is 0 Å². The van der Waals surface area contributed by atoms with Crippen molar-refractivity contribution in [2.75, 3.05) is 7.05 Å². The Balaban J connectivity index is 1.81. The van der Waals surface area contributed by atoms with Crippen LogP contribution in [-0.4, -0.2) is 38.0 Å². The van der Waals surface area contributed by atoms with Gasteiger partial charge in [-0.05, 0) is 24.8 Å². The molecule has 0 atom stereocenters. The fraction of sp³-hybridized carbons (Fsp3) is 0.385. The number of aryl methyl sites for hydroxylation is 1. The number of aromatic amines is 3. The second kappa shape index (κ2) is 5.04. The molecule has 2 aromatic rings. The molecule has 1 aliphatic carbocycles. The Morgan fingerprint density at radius 2 is 2.14 bits per heavy atom. The first-order valence-electron chi connectivity index (χ1n) is 6.68. The molecule has 110 valence electrons. The Morgan fingerprint density at radius 3 is 2.90 bits per heavy atom. The molecule has 0 saturated carbocycles. The van der Waals surface area contributed by atoms with Gasteiger partial charge in [-0.15, -0.1) is 0 Å². The maximum Gasteiger partial charge on any atom is 0.326 e. The van der Waals surface area contributed by atoms with Gasteiger partial charge in [0, 0.05) is 18.8 Å². The van der Waals surface area contributed by atoms with Crippen molar-refractivity contribution in [2.24, 2.45) is 0 Å². The number of nitrogens with one attached hydrogen (secondary N) is 3. The standard InChI is InChI=1S/C13H15N5O3/c1-18(6-10-7-3-2-4-8(7)16-17-10)12(20)9-5-11(19)15-13(21)14-9/h5H,2-4,6H2,1H3,(H,16,17)(H2,14,15,19,21). The maximum absolute atomic E-state index is 12.2. The summed E-state index contributed by atoms with van der Waals surface area (Å²) in [5, 5.41) is 7.22. The van der Waals surface area contributed by atoms with Crippen LogP contribution in [0, 0.1) is 0 Å². The molecule has 8 nitrogen and oxygen atoms in total. The predicted octanol–water partition coefficient (Wildman–Crippen LogP) is -0.453. The largest absolute Gasteiger partial charge is 0.334 e. The van der Waals surface area contributed by atoms with Crippen LogP contribution in [0.25, 0.3) is 0 Å². The van der Waals surface area contributed by atoms with E-state index in [0.29, 0.717) is 6.54 Å². The van der Waals surface area contributed by atoms with E-state index < -0.39 is 17.2 Å². The van der Waals surface area contributed by atoms with Crippen molar-refractivity contribution >= 4 is 5.91 Å². The first-order valence-corrected chi connectivity index (χ1v) is 6.68. The Bertz CT molecular complexity index is 772. The van der Waals surface area contributed by atoms with Gasteiger partial charge in [-0.2, -0.15) is 5.10 Å². The van der Waals surface area contributed by atoms with Crippen molar-refractivity contribution in [1.82, 2.24) is 25.1 Å². The van der Waals surface area contributed by atoms with Gasteiger partial charge in [-0.1, -0.05) is 0 Å². The Kier molecular flexibility index (Phi) is 3.20. The lowest BCUT2D eigenvalue weighted by Gasteiger charge is -2.16. The average molecular weight is 289 g/mol. The van der Waals surface area contributed by atoms with Crippen LogP contribution in [0.4, 0.5) is 0 Å². The second-order valence-electron chi connectivity index (χ2n) is 5.14. The van der Waals surface area contributed by atoms with Gasteiger partial charge in [0.05, 0.1) is 12.2 Å². The number of carbonyl (C=O) groups excluding carboxylic acids is 1. The van der Waals surface area contributed by atoms with Crippen LogP contribution in [0.5, 0.6) is 0 Å². The van der Waals surface area contributed by atoms with E-state index in [-0.39, 0.29) is 5.69 Å². The third-order valence-corrected chi connectivity index (χ3v) is 3.62. The fourth-order valence-electron chi connectivity index (χ4n) is 2.60. The Labute approximate surface area is 119 Å². The van der Waals surface area contributed by atoms with Crippen LogP contribution >= 0.6 is 0 Å². The lowest BCUT2D eigenvalue weighted by molar-refractivity contribution is 0.0776. The summed E-state index contributed by atoms with van der Waals surface area (Å²) in [6, 6.07) is 1.08. The second-order valence-corrected chi connectivity index (χ2v) is 5.14. The number of rotatable bonds is 3. The first kappa shape index (κ1) is 13.3. The average Bonchev–Trinajstić information content (AvgIpc) is 3.01. The number of fused-ring (bicyclic) bond motifs is 1. The minimum Gasteiger partial charge on any atom is -0.334 e.